The third-order valence-electron chi connectivity index (χ3n) is 2.48. The van der Waals surface area contributed by atoms with Crippen LogP contribution < -0.4 is 21.7 Å². The maximum atomic E-state index is 11.0. The van der Waals surface area contributed by atoms with Gasteiger partial charge in [-0.3, -0.25) is 9.59 Å². The molecule has 1 heterocycles. The molecular formula is C12H19N5O2. The van der Waals surface area contributed by atoms with Crippen LogP contribution in [-0.4, -0.2) is 36.9 Å². The molecule has 0 aliphatic heterocycles. The van der Waals surface area contributed by atoms with E-state index >= 15 is 0 Å². The van der Waals surface area contributed by atoms with Gasteiger partial charge in [-0.25, -0.2) is 4.98 Å². The third kappa shape index (κ3) is 4.55. The van der Waals surface area contributed by atoms with E-state index in [1.54, 1.807) is 6.20 Å². The van der Waals surface area contributed by atoms with E-state index in [2.05, 4.69) is 10.3 Å². The lowest BCUT2D eigenvalue weighted by molar-refractivity contribution is -0.117. The van der Waals surface area contributed by atoms with Crippen molar-refractivity contribution in [2.45, 2.75) is 13.5 Å². The van der Waals surface area contributed by atoms with Gasteiger partial charge in [0.15, 0.2) is 0 Å². The lowest BCUT2D eigenvalue weighted by Gasteiger charge is -2.22. The zero-order valence-corrected chi connectivity index (χ0v) is 11.1. The number of carbonyl (C=O) groups excluding carboxylic acids is 2. The van der Waals surface area contributed by atoms with Crippen molar-refractivity contribution in [1.29, 1.82) is 0 Å². The lowest BCUT2D eigenvalue weighted by atomic mass is 10.2. The highest BCUT2D eigenvalue weighted by atomic mass is 16.2. The van der Waals surface area contributed by atoms with Crippen molar-refractivity contribution in [2.75, 3.05) is 25.0 Å². The number of rotatable bonds is 7. The fourth-order valence-corrected chi connectivity index (χ4v) is 1.84. The van der Waals surface area contributed by atoms with Crippen LogP contribution in [0.5, 0.6) is 0 Å². The summed E-state index contributed by atoms with van der Waals surface area (Å²) in [7, 11) is 1.84. The number of amides is 2. The van der Waals surface area contributed by atoms with Crippen LogP contribution in [0.3, 0.4) is 0 Å². The SMILES string of the molecule is CNCc1cnc(N(CC(N)=O)CC(N)=O)c(C)c1. The Balaban J connectivity index is 3.00. The van der Waals surface area contributed by atoms with E-state index in [9.17, 15) is 9.59 Å². The molecule has 0 atom stereocenters. The van der Waals surface area contributed by atoms with Crippen molar-refractivity contribution in [3.8, 4) is 0 Å². The predicted octanol–water partition coefficient (Wildman–Crippen LogP) is -1.11. The van der Waals surface area contributed by atoms with Crippen LogP contribution in [0, 0.1) is 6.92 Å². The molecule has 0 aromatic carbocycles. The van der Waals surface area contributed by atoms with Gasteiger partial charge in [-0.1, -0.05) is 0 Å². The fraction of sp³-hybridized carbons (Fsp3) is 0.417. The number of pyridine rings is 1. The molecule has 0 aliphatic rings. The van der Waals surface area contributed by atoms with Crippen LogP contribution in [0.2, 0.25) is 0 Å². The Hall–Kier alpha value is -2.15. The molecule has 0 saturated carbocycles. The number of aromatic nitrogens is 1. The molecule has 0 unspecified atom stereocenters. The maximum Gasteiger partial charge on any atom is 0.237 e. The van der Waals surface area contributed by atoms with Gasteiger partial charge < -0.3 is 21.7 Å². The number of nitrogens with zero attached hydrogens (tertiary/aromatic N) is 2. The Labute approximate surface area is 112 Å². The first kappa shape index (κ1) is 14.9. The highest BCUT2D eigenvalue weighted by molar-refractivity contribution is 5.84. The molecule has 1 aromatic rings. The lowest BCUT2D eigenvalue weighted by Crippen LogP contribution is -2.40. The summed E-state index contributed by atoms with van der Waals surface area (Å²) in [6.07, 6.45) is 1.69. The molecule has 0 spiro atoms. The second kappa shape index (κ2) is 6.69. The molecule has 2 amide bonds. The summed E-state index contributed by atoms with van der Waals surface area (Å²) in [5.74, 6) is -0.541. The topological polar surface area (TPSA) is 114 Å². The maximum absolute atomic E-state index is 11.0. The summed E-state index contributed by atoms with van der Waals surface area (Å²) in [5.41, 5.74) is 12.2. The van der Waals surface area contributed by atoms with Crippen LogP contribution in [0.1, 0.15) is 11.1 Å². The van der Waals surface area contributed by atoms with Crippen molar-refractivity contribution in [3.05, 3.63) is 23.4 Å². The molecule has 1 aromatic heterocycles. The highest BCUT2D eigenvalue weighted by Crippen LogP contribution is 2.17. The largest absolute Gasteiger partial charge is 0.368 e. The van der Waals surface area contributed by atoms with Crippen molar-refractivity contribution in [2.24, 2.45) is 11.5 Å². The van der Waals surface area contributed by atoms with Gasteiger partial charge in [-0.2, -0.15) is 0 Å². The average molecular weight is 265 g/mol. The molecular weight excluding hydrogens is 246 g/mol. The average Bonchev–Trinajstić information content (AvgIpc) is 2.27. The normalized spacial score (nSPS) is 10.2. The summed E-state index contributed by atoms with van der Waals surface area (Å²) in [6, 6.07) is 1.94. The number of hydrogen-bond donors (Lipinski definition) is 3. The Morgan fingerprint density at radius 1 is 1.32 bits per heavy atom. The monoisotopic (exact) mass is 265 g/mol. The van der Waals surface area contributed by atoms with Gasteiger partial charge in [0.1, 0.15) is 5.82 Å². The van der Waals surface area contributed by atoms with Gasteiger partial charge in [-0.15, -0.1) is 0 Å². The standard InChI is InChI=1S/C12H19N5O2/c1-8-3-9(4-15-2)5-16-12(8)17(6-10(13)18)7-11(14)19/h3,5,15H,4,6-7H2,1-2H3,(H2,13,18)(H2,14,19). The molecule has 0 bridgehead atoms. The molecule has 7 heteroatoms. The molecule has 0 fully saturated rings. The summed E-state index contributed by atoms with van der Waals surface area (Å²) in [4.78, 5) is 27.8. The molecule has 0 radical (unpaired) electrons. The Morgan fingerprint density at radius 2 is 1.89 bits per heavy atom. The quantitative estimate of drug-likeness (QED) is 0.578. The van der Waals surface area contributed by atoms with E-state index in [-0.39, 0.29) is 13.1 Å². The minimum atomic E-state index is -0.540. The zero-order valence-electron chi connectivity index (χ0n) is 11.1. The number of nitrogens with one attached hydrogen (secondary N) is 1. The van der Waals surface area contributed by atoms with Crippen molar-refractivity contribution < 1.29 is 9.59 Å². The molecule has 19 heavy (non-hydrogen) atoms. The number of aryl methyl sites for hydroxylation is 1. The van der Waals surface area contributed by atoms with E-state index in [0.717, 1.165) is 11.1 Å². The molecule has 0 aliphatic carbocycles. The number of anilines is 1. The zero-order chi connectivity index (χ0) is 14.4. The van der Waals surface area contributed by atoms with Gasteiger partial charge in [0, 0.05) is 12.7 Å². The van der Waals surface area contributed by atoms with Gasteiger partial charge in [0.2, 0.25) is 11.8 Å². The second-order valence-electron chi connectivity index (χ2n) is 4.30. The summed E-state index contributed by atoms with van der Waals surface area (Å²) < 4.78 is 0. The van der Waals surface area contributed by atoms with Crippen molar-refractivity contribution in [1.82, 2.24) is 10.3 Å². The van der Waals surface area contributed by atoms with Crippen molar-refractivity contribution in [3.63, 3.8) is 0 Å². The first-order valence-corrected chi connectivity index (χ1v) is 5.85. The first-order chi connectivity index (χ1) is 8.93. The Bertz CT molecular complexity index is 459. The third-order valence-corrected chi connectivity index (χ3v) is 2.48. The van der Waals surface area contributed by atoms with E-state index in [4.69, 9.17) is 11.5 Å². The Morgan fingerprint density at radius 3 is 2.32 bits per heavy atom. The minimum Gasteiger partial charge on any atom is -0.368 e. The number of hydrogen-bond acceptors (Lipinski definition) is 5. The summed E-state index contributed by atoms with van der Waals surface area (Å²) >= 11 is 0. The molecule has 5 N–H and O–H groups in total. The second-order valence-corrected chi connectivity index (χ2v) is 4.30. The smallest absolute Gasteiger partial charge is 0.237 e. The molecule has 1 rings (SSSR count). The van der Waals surface area contributed by atoms with Crippen molar-refractivity contribution >= 4 is 17.6 Å². The predicted molar refractivity (Wildman–Crippen MR) is 72.3 cm³/mol. The van der Waals surface area contributed by atoms with Crippen LogP contribution in [0.15, 0.2) is 12.3 Å². The van der Waals surface area contributed by atoms with E-state index in [0.29, 0.717) is 12.4 Å². The molecule has 104 valence electrons. The minimum absolute atomic E-state index is 0.0951. The van der Waals surface area contributed by atoms with E-state index < -0.39 is 11.8 Å². The summed E-state index contributed by atoms with van der Waals surface area (Å²) in [6.45, 7) is 2.36. The van der Waals surface area contributed by atoms with E-state index in [1.807, 2.05) is 20.0 Å². The Kier molecular flexibility index (Phi) is 5.25. The molecule has 7 nitrogen and oxygen atoms in total. The number of carbonyl (C=O) groups is 2. The molecule has 0 saturated heterocycles. The van der Waals surface area contributed by atoms with Gasteiger partial charge in [0.05, 0.1) is 13.1 Å². The summed E-state index contributed by atoms with van der Waals surface area (Å²) in [5, 5.41) is 3.02. The fourth-order valence-electron chi connectivity index (χ4n) is 1.84. The number of primary amides is 2. The number of nitrogens with two attached hydrogens (primary N) is 2. The van der Waals surface area contributed by atoms with E-state index in [1.165, 1.54) is 4.90 Å². The van der Waals surface area contributed by atoms with Crippen LogP contribution in [0.4, 0.5) is 5.82 Å². The highest BCUT2D eigenvalue weighted by Gasteiger charge is 2.15. The van der Waals surface area contributed by atoms with Gasteiger partial charge in [0.25, 0.3) is 0 Å². The van der Waals surface area contributed by atoms with Crippen LogP contribution >= 0.6 is 0 Å². The van der Waals surface area contributed by atoms with Crippen LogP contribution in [0.25, 0.3) is 0 Å². The first-order valence-electron chi connectivity index (χ1n) is 5.85. The van der Waals surface area contributed by atoms with Crippen LogP contribution in [-0.2, 0) is 16.1 Å². The van der Waals surface area contributed by atoms with Gasteiger partial charge >= 0.3 is 0 Å². The van der Waals surface area contributed by atoms with Gasteiger partial charge in [-0.05, 0) is 31.2 Å².